The van der Waals surface area contributed by atoms with E-state index in [1.54, 1.807) is 12.3 Å². The molecule has 2 N–H and O–H groups in total. The third kappa shape index (κ3) is 2.86. The molecule has 1 aliphatic carbocycles. The van der Waals surface area contributed by atoms with Gasteiger partial charge in [0, 0.05) is 18.3 Å². The molecule has 30 heavy (non-hydrogen) atoms. The van der Waals surface area contributed by atoms with Crippen molar-refractivity contribution < 1.29 is 19.4 Å². The van der Waals surface area contributed by atoms with E-state index in [1.807, 2.05) is 36.4 Å². The molecular weight excluding hydrogens is 384 g/mol. The highest BCUT2D eigenvalue weighted by molar-refractivity contribution is 6.02. The number of carboxylic acid groups (broad SMARTS) is 1. The Morgan fingerprint density at radius 3 is 2.37 bits per heavy atom. The van der Waals surface area contributed by atoms with Crippen LogP contribution < -0.4 is 5.32 Å². The maximum atomic E-state index is 12.4. The van der Waals surface area contributed by atoms with Gasteiger partial charge in [-0.05, 0) is 28.3 Å². The highest BCUT2D eigenvalue weighted by Gasteiger charge is 2.29. The number of ether oxygens (including phenoxy) is 1. The Labute approximate surface area is 170 Å². The normalized spacial score (nSPS) is 12.4. The molecule has 5 rings (SSSR count). The number of carbonyl (C=O) groups is 2. The zero-order valence-electron chi connectivity index (χ0n) is 15.6. The zero-order chi connectivity index (χ0) is 20.7. The Bertz CT molecular complexity index is 1250. The average molecular weight is 400 g/mol. The molecule has 1 amide bonds. The third-order valence-electron chi connectivity index (χ3n) is 5.17. The summed E-state index contributed by atoms with van der Waals surface area (Å²) >= 11 is 0. The maximum absolute atomic E-state index is 12.4. The Morgan fingerprint density at radius 2 is 1.70 bits per heavy atom. The first kappa shape index (κ1) is 17.9. The molecule has 2 aromatic heterocycles. The number of aromatic nitrogens is 3. The van der Waals surface area contributed by atoms with Crippen LogP contribution >= 0.6 is 0 Å². The molecule has 0 spiro atoms. The largest absolute Gasteiger partial charge is 0.477 e. The molecule has 1 aliphatic rings. The first-order valence-corrected chi connectivity index (χ1v) is 9.32. The summed E-state index contributed by atoms with van der Waals surface area (Å²) in [5, 5.41) is 16.0. The number of aromatic carboxylic acids is 1. The molecular formula is C22H16N4O4. The van der Waals surface area contributed by atoms with Crippen LogP contribution in [-0.2, 0) is 4.74 Å². The van der Waals surface area contributed by atoms with E-state index in [0.717, 1.165) is 22.3 Å². The summed E-state index contributed by atoms with van der Waals surface area (Å²) < 4.78 is 6.76. The van der Waals surface area contributed by atoms with Gasteiger partial charge in [-0.3, -0.25) is 5.32 Å². The van der Waals surface area contributed by atoms with Gasteiger partial charge in [-0.2, -0.15) is 0 Å². The SMILES string of the molecule is O=C(Nc1nn2cccnc2c1C(=O)O)OCC1c2ccccc2-c2ccccc21. The zero-order valence-corrected chi connectivity index (χ0v) is 15.6. The molecule has 0 radical (unpaired) electrons. The molecule has 2 heterocycles. The lowest BCUT2D eigenvalue weighted by atomic mass is 9.98. The molecule has 8 heteroatoms. The number of carboxylic acids is 1. The van der Waals surface area contributed by atoms with E-state index in [4.69, 9.17) is 4.74 Å². The van der Waals surface area contributed by atoms with Crippen LogP contribution in [0.4, 0.5) is 10.6 Å². The average Bonchev–Trinajstić information content (AvgIpc) is 3.27. The minimum absolute atomic E-state index is 0.0928. The van der Waals surface area contributed by atoms with Crippen molar-refractivity contribution in [3.63, 3.8) is 0 Å². The number of anilines is 1. The monoisotopic (exact) mass is 400 g/mol. The standard InChI is InChI=1S/C22H16N4O4/c27-21(28)18-19(25-26-11-5-10-23-20(18)26)24-22(29)30-12-17-15-8-3-1-6-13(15)14-7-2-4-9-16(14)17/h1-11,17H,12H2,(H,27,28)(H,24,25,29). The number of hydrogen-bond acceptors (Lipinski definition) is 5. The maximum Gasteiger partial charge on any atom is 0.412 e. The van der Waals surface area contributed by atoms with Crippen LogP contribution in [0.25, 0.3) is 16.8 Å². The number of nitrogens with one attached hydrogen (secondary N) is 1. The van der Waals surface area contributed by atoms with Crippen molar-refractivity contribution in [3.8, 4) is 11.1 Å². The first-order chi connectivity index (χ1) is 14.6. The smallest absolute Gasteiger partial charge is 0.412 e. The molecule has 0 saturated carbocycles. The van der Waals surface area contributed by atoms with E-state index < -0.39 is 12.1 Å². The van der Waals surface area contributed by atoms with Gasteiger partial charge in [0.25, 0.3) is 0 Å². The lowest BCUT2D eigenvalue weighted by Gasteiger charge is -2.14. The Hall–Kier alpha value is -4.20. The first-order valence-electron chi connectivity index (χ1n) is 9.32. The Morgan fingerprint density at radius 1 is 1.03 bits per heavy atom. The molecule has 8 nitrogen and oxygen atoms in total. The summed E-state index contributed by atoms with van der Waals surface area (Å²) in [7, 11) is 0. The molecule has 0 aliphatic heterocycles. The summed E-state index contributed by atoms with van der Waals surface area (Å²) in [5.41, 5.74) is 4.38. The highest BCUT2D eigenvalue weighted by atomic mass is 16.5. The fourth-order valence-electron chi connectivity index (χ4n) is 3.90. The predicted molar refractivity (Wildman–Crippen MR) is 109 cm³/mol. The van der Waals surface area contributed by atoms with Crippen LogP contribution in [0.1, 0.15) is 27.4 Å². The van der Waals surface area contributed by atoms with Crippen LogP contribution in [0.15, 0.2) is 67.0 Å². The van der Waals surface area contributed by atoms with Gasteiger partial charge in [-0.15, -0.1) is 5.10 Å². The molecule has 0 bridgehead atoms. The van der Waals surface area contributed by atoms with Gasteiger partial charge < -0.3 is 9.84 Å². The number of fused-ring (bicyclic) bond motifs is 4. The lowest BCUT2D eigenvalue weighted by molar-refractivity contribution is 0.0700. The molecule has 0 unspecified atom stereocenters. The fraction of sp³-hybridized carbons (Fsp3) is 0.0909. The molecule has 2 aromatic carbocycles. The summed E-state index contributed by atoms with van der Waals surface area (Å²) in [6.45, 7) is 0.119. The lowest BCUT2D eigenvalue weighted by Crippen LogP contribution is -2.19. The van der Waals surface area contributed by atoms with Gasteiger partial charge in [-0.1, -0.05) is 48.5 Å². The van der Waals surface area contributed by atoms with Gasteiger partial charge in [0.1, 0.15) is 12.2 Å². The highest BCUT2D eigenvalue weighted by Crippen LogP contribution is 2.44. The Kier molecular flexibility index (Phi) is 4.17. The predicted octanol–water partition coefficient (Wildman–Crippen LogP) is 3.79. The fourth-order valence-corrected chi connectivity index (χ4v) is 3.90. The number of rotatable bonds is 4. The van der Waals surface area contributed by atoms with Crippen molar-refractivity contribution in [3.05, 3.63) is 83.7 Å². The van der Waals surface area contributed by atoms with E-state index in [-0.39, 0.29) is 29.6 Å². The van der Waals surface area contributed by atoms with Gasteiger partial charge in [0.15, 0.2) is 11.5 Å². The second kappa shape index (κ2) is 7.00. The molecule has 4 aromatic rings. The minimum Gasteiger partial charge on any atom is -0.477 e. The number of benzene rings is 2. The van der Waals surface area contributed by atoms with Crippen LogP contribution in [-0.4, -0.2) is 38.4 Å². The quantitative estimate of drug-likeness (QED) is 0.540. The summed E-state index contributed by atoms with van der Waals surface area (Å²) in [5.74, 6) is -1.44. The summed E-state index contributed by atoms with van der Waals surface area (Å²) in [6, 6.07) is 17.7. The number of hydrogen-bond donors (Lipinski definition) is 2. The minimum atomic E-state index is -1.24. The van der Waals surface area contributed by atoms with E-state index in [1.165, 1.54) is 10.7 Å². The van der Waals surface area contributed by atoms with E-state index in [9.17, 15) is 14.7 Å². The van der Waals surface area contributed by atoms with Crippen molar-refractivity contribution in [2.75, 3.05) is 11.9 Å². The van der Waals surface area contributed by atoms with Crippen molar-refractivity contribution in [2.24, 2.45) is 0 Å². The summed E-state index contributed by atoms with van der Waals surface area (Å²) in [4.78, 5) is 28.1. The summed E-state index contributed by atoms with van der Waals surface area (Å²) in [6.07, 6.45) is 2.24. The van der Waals surface area contributed by atoms with Crippen LogP contribution in [0.3, 0.4) is 0 Å². The number of amides is 1. The topological polar surface area (TPSA) is 106 Å². The third-order valence-corrected chi connectivity index (χ3v) is 5.17. The molecule has 0 fully saturated rings. The van der Waals surface area contributed by atoms with E-state index >= 15 is 0 Å². The van der Waals surface area contributed by atoms with Crippen molar-refractivity contribution >= 4 is 23.5 Å². The van der Waals surface area contributed by atoms with E-state index in [2.05, 4.69) is 27.5 Å². The van der Waals surface area contributed by atoms with E-state index in [0.29, 0.717) is 0 Å². The van der Waals surface area contributed by atoms with Crippen LogP contribution in [0.2, 0.25) is 0 Å². The van der Waals surface area contributed by atoms with Crippen molar-refractivity contribution in [1.29, 1.82) is 0 Å². The number of carbonyl (C=O) groups excluding carboxylic acids is 1. The van der Waals surface area contributed by atoms with Crippen LogP contribution in [0, 0.1) is 0 Å². The van der Waals surface area contributed by atoms with Gasteiger partial charge in [-0.25, -0.2) is 19.1 Å². The number of nitrogens with zero attached hydrogens (tertiary/aromatic N) is 3. The van der Waals surface area contributed by atoms with Gasteiger partial charge >= 0.3 is 12.1 Å². The van der Waals surface area contributed by atoms with Gasteiger partial charge in [0.05, 0.1) is 0 Å². The molecule has 0 atom stereocenters. The van der Waals surface area contributed by atoms with Crippen molar-refractivity contribution in [2.45, 2.75) is 5.92 Å². The van der Waals surface area contributed by atoms with Gasteiger partial charge in [0.2, 0.25) is 0 Å². The Balaban J connectivity index is 1.37. The second-order valence-electron chi connectivity index (χ2n) is 6.87. The molecule has 148 valence electrons. The van der Waals surface area contributed by atoms with Crippen molar-refractivity contribution in [1.82, 2.24) is 14.6 Å². The molecule has 0 saturated heterocycles. The van der Waals surface area contributed by atoms with Crippen LogP contribution in [0.5, 0.6) is 0 Å². The second-order valence-corrected chi connectivity index (χ2v) is 6.87.